The maximum absolute atomic E-state index is 13.8. The van der Waals surface area contributed by atoms with Gasteiger partial charge in [0.05, 0.1) is 37.1 Å². The molecule has 9 heteroatoms. The molecule has 5 rings (SSSR count). The Labute approximate surface area is 212 Å². The van der Waals surface area contributed by atoms with Crippen LogP contribution in [0.2, 0.25) is 0 Å². The molecule has 2 atom stereocenters. The number of carbonyl (C=O) groups is 2. The summed E-state index contributed by atoms with van der Waals surface area (Å²) in [5.41, 5.74) is 3.37. The van der Waals surface area contributed by atoms with E-state index >= 15 is 0 Å². The fraction of sp³-hybridized carbons (Fsp3) is 0.593. The number of aromatic nitrogens is 2. The summed E-state index contributed by atoms with van der Waals surface area (Å²) in [4.78, 5) is 33.1. The number of hydrogen-bond donors (Lipinski definition) is 0. The fourth-order valence-corrected chi connectivity index (χ4v) is 6.87. The third-order valence-corrected chi connectivity index (χ3v) is 8.55. The lowest BCUT2D eigenvalue weighted by atomic mass is 9.76. The molecule has 4 heterocycles. The Balaban J connectivity index is 1.45. The molecule has 2 unspecified atom stereocenters. The van der Waals surface area contributed by atoms with Gasteiger partial charge in [-0.3, -0.25) is 9.48 Å². The van der Waals surface area contributed by atoms with Gasteiger partial charge in [0.2, 0.25) is 0 Å². The van der Waals surface area contributed by atoms with Gasteiger partial charge in [-0.1, -0.05) is 6.92 Å². The van der Waals surface area contributed by atoms with E-state index in [0.29, 0.717) is 31.7 Å². The van der Waals surface area contributed by atoms with Gasteiger partial charge in [-0.2, -0.15) is 5.10 Å². The zero-order valence-corrected chi connectivity index (χ0v) is 22.2. The lowest BCUT2D eigenvalue weighted by Crippen LogP contribution is -2.59. The number of piperidine rings is 1. The van der Waals surface area contributed by atoms with Gasteiger partial charge in [-0.05, 0) is 50.7 Å². The molecule has 1 spiro atoms. The molecule has 2 saturated heterocycles. The Kier molecular flexibility index (Phi) is 6.12. The van der Waals surface area contributed by atoms with Crippen molar-refractivity contribution in [3.05, 3.63) is 40.7 Å². The second-order valence-corrected chi connectivity index (χ2v) is 10.4. The molecule has 0 radical (unpaired) electrons. The molecule has 194 valence electrons. The molecule has 0 bridgehead atoms. The molecule has 2 aromatic rings. The number of likely N-dealkylation sites (N-methyl/N-ethyl adjacent to an activating group) is 1. The van der Waals surface area contributed by atoms with Gasteiger partial charge in [-0.15, -0.1) is 0 Å². The molecule has 0 aliphatic carbocycles. The molecule has 1 aromatic carbocycles. The fourth-order valence-electron chi connectivity index (χ4n) is 6.87. The number of carbonyl (C=O) groups excluding carboxylic acids is 2. The summed E-state index contributed by atoms with van der Waals surface area (Å²) in [6.45, 7) is 8.61. The number of nitrogens with zero attached hydrogens (tertiary/aromatic N) is 5. The Bertz CT molecular complexity index is 1180. The standard InChI is InChI=1S/C27H37N5O4/c1-7-32-26(34)31-15-19-13-20(35-5)14-22(36-6)24(19)17(2)12-23(31)27(32)8-10-30(11-9-27)25(33)21-16-29(4)28-18(21)3/h13-14,16-17,23H,7-12,15H2,1-6H3. The predicted octanol–water partition coefficient (Wildman–Crippen LogP) is 3.55. The van der Waals surface area contributed by atoms with E-state index < -0.39 is 0 Å². The zero-order valence-electron chi connectivity index (χ0n) is 22.2. The highest BCUT2D eigenvalue weighted by molar-refractivity contribution is 5.95. The van der Waals surface area contributed by atoms with Crippen molar-refractivity contribution in [3.8, 4) is 11.5 Å². The molecular formula is C27H37N5O4. The van der Waals surface area contributed by atoms with Crippen molar-refractivity contribution in [2.45, 2.75) is 64.1 Å². The average molecular weight is 496 g/mol. The number of hydrogen-bond acceptors (Lipinski definition) is 5. The first-order chi connectivity index (χ1) is 17.2. The van der Waals surface area contributed by atoms with Crippen molar-refractivity contribution in [2.75, 3.05) is 33.9 Å². The summed E-state index contributed by atoms with van der Waals surface area (Å²) >= 11 is 0. The Morgan fingerprint density at radius 2 is 1.92 bits per heavy atom. The number of fused-ring (bicyclic) bond motifs is 3. The highest BCUT2D eigenvalue weighted by Gasteiger charge is 2.58. The first-order valence-corrected chi connectivity index (χ1v) is 12.9. The van der Waals surface area contributed by atoms with Crippen LogP contribution in [-0.2, 0) is 13.6 Å². The summed E-state index contributed by atoms with van der Waals surface area (Å²) in [6.07, 6.45) is 4.19. The van der Waals surface area contributed by atoms with E-state index in [1.54, 1.807) is 25.1 Å². The SMILES string of the molecule is CCN1C(=O)N2Cc3cc(OC)cc(OC)c3C(C)CC2C12CCN(C(=O)c1cn(C)nc1C)CC2. The molecule has 1 aromatic heterocycles. The molecule has 0 N–H and O–H groups in total. The van der Waals surface area contributed by atoms with Crippen molar-refractivity contribution in [2.24, 2.45) is 7.05 Å². The third kappa shape index (κ3) is 3.62. The molecule has 0 saturated carbocycles. The van der Waals surface area contributed by atoms with Crippen LogP contribution in [0.1, 0.15) is 66.2 Å². The van der Waals surface area contributed by atoms with Crippen LogP contribution in [0, 0.1) is 6.92 Å². The topological polar surface area (TPSA) is 80.1 Å². The molecule has 3 amide bonds. The largest absolute Gasteiger partial charge is 0.497 e. The van der Waals surface area contributed by atoms with Crippen LogP contribution in [-0.4, -0.2) is 81.9 Å². The van der Waals surface area contributed by atoms with Crippen LogP contribution in [0.15, 0.2) is 18.3 Å². The van der Waals surface area contributed by atoms with Crippen LogP contribution in [0.4, 0.5) is 4.79 Å². The molecule has 3 aliphatic rings. The Hall–Kier alpha value is -3.23. The number of methoxy groups -OCH3 is 2. The van der Waals surface area contributed by atoms with E-state index in [2.05, 4.69) is 28.7 Å². The zero-order chi connectivity index (χ0) is 25.8. The number of benzene rings is 1. The number of aryl methyl sites for hydroxylation is 2. The van der Waals surface area contributed by atoms with Crippen LogP contribution >= 0.6 is 0 Å². The molecule has 3 aliphatic heterocycles. The van der Waals surface area contributed by atoms with Gasteiger partial charge in [0, 0.05) is 51.1 Å². The lowest BCUT2D eigenvalue weighted by Gasteiger charge is -2.47. The normalized spacial score (nSPS) is 22.9. The van der Waals surface area contributed by atoms with Crippen LogP contribution in [0.5, 0.6) is 11.5 Å². The molecule has 9 nitrogen and oxygen atoms in total. The second kappa shape index (κ2) is 9.01. The van der Waals surface area contributed by atoms with E-state index in [4.69, 9.17) is 9.47 Å². The highest BCUT2D eigenvalue weighted by atomic mass is 16.5. The second-order valence-electron chi connectivity index (χ2n) is 10.4. The smallest absolute Gasteiger partial charge is 0.321 e. The van der Waals surface area contributed by atoms with E-state index in [9.17, 15) is 9.59 Å². The summed E-state index contributed by atoms with van der Waals surface area (Å²) in [6, 6.07) is 4.14. The minimum atomic E-state index is -0.291. The van der Waals surface area contributed by atoms with E-state index in [1.807, 2.05) is 31.0 Å². The average Bonchev–Trinajstić information content (AvgIpc) is 3.24. The Morgan fingerprint density at radius 3 is 2.50 bits per heavy atom. The lowest BCUT2D eigenvalue weighted by molar-refractivity contribution is 0.0373. The molecular weight excluding hydrogens is 458 g/mol. The quantitative estimate of drug-likeness (QED) is 0.648. The van der Waals surface area contributed by atoms with Crippen molar-refractivity contribution in [1.29, 1.82) is 0 Å². The predicted molar refractivity (Wildman–Crippen MR) is 135 cm³/mol. The maximum Gasteiger partial charge on any atom is 0.321 e. The first-order valence-electron chi connectivity index (χ1n) is 12.9. The van der Waals surface area contributed by atoms with Gasteiger partial charge < -0.3 is 24.2 Å². The summed E-state index contributed by atoms with van der Waals surface area (Å²) < 4.78 is 13.0. The summed E-state index contributed by atoms with van der Waals surface area (Å²) in [7, 11) is 5.18. The van der Waals surface area contributed by atoms with Crippen LogP contribution in [0.3, 0.4) is 0 Å². The van der Waals surface area contributed by atoms with Crippen LogP contribution in [0.25, 0.3) is 0 Å². The van der Waals surface area contributed by atoms with E-state index in [-0.39, 0.29) is 29.4 Å². The van der Waals surface area contributed by atoms with Crippen molar-refractivity contribution in [1.82, 2.24) is 24.5 Å². The number of ether oxygens (including phenoxy) is 2. The number of amides is 3. The number of likely N-dealkylation sites (tertiary alicyclic amines) is 1. The van der Waals surface area contributed by atoms with Crippen molar-refractivity contribution in [3.63, 3.8) is 0 Å². The van der Waals surface area contributed by atoms with Gasteiger partial charge in [-0.25, -0.2) is 4.79 Å². The van der Waals surface area contributed by atoms with Gasteiger partial charge >= 0.3 is 6.03 Å². The highest BCUT2D eigenvalue weighted by Crippen LogP contribution is 2.49. The molecule has 2 fully saturated rings. The van der Waals surface area contributed by atoms with Gasteiger partial charge in [0.15, 0.2) is 0 Å². The monoisotopic (exact) mass is 495 g/mol. The van der Waals surface area contributed by atoms with Crippen LogP contribution < -0.4 is 9.47 Å². The Morgan fingerprint density at radius 1 is 1.19 bits per heavy atom. The van der Waals surface area contributed by atoms with Gasteiger partial charge in [0.1, 0.15) is 11.5 Å². The maximum atomic E-state index is 13.8. The summed E-state index contributed by atoms with van der Waals surface area (Å²) in [5.74, 6) is 1.80. The van der Waals surface area contributed by atoms with E-state index in [0.717, 1.165) is 42.0 Å². The van der Waals surface area contributed by atoms with Crippen molar-refractivity contribution >= 4 is 11.9 Å². The first kappa shape index (κ1) is 24.5. The minimum Gasteiger partial charge on any atom is -0.497 e. The summed E-state index contributed by atoms with van der Waals surface area (Å²) in [5, 5.41) is 4.34. The van der Waals surface area contributed by atoms with Gasteiger partial charge in [0.25, 0.3) is 5.91 Å². The molecule has 36 heavy (non-hydrogen) atoms. The van der Waals surface area contributed by atoms with E-state index in [1.165, 1.54) is 5.56 Å². The number of urea groups is 1. The van der Waals surface area contributed by atoms with Crippen molar-refractivity contribution < 1.29 is 19.1 Å². The number of rotatable bonds is 4. The third-order valence-electron chi connectivity index (χ3n) is 8.55. The minimum absolute atomic E-state index is 0.0261.